The summed E-state index contributed by atoms with van der Waals surface area (Å²) in [5, 5.41) is 12.0. The number of nitrogens with zero attached hydrogens (tertiary/aromatic N) is 1. The molecule has 1 aliphatic rings. The van der Waals surface area contributed by atoms with Crippen molar-refractivity contribution in [2.75, 3.05) is 17.3 Å². The van der Waals surface area contributed by atoms with Crippen molar-refractivity contribution in [1.29, 1.82) is 0 Å². The summed E-state index contributed by atoms with van der Waals surface area (Å²) in [6.45, 7) is 9.05. The molecule has 0 aliphatic carbocycles. The van der Waals surface area contributed by atoms with Crippen LogP contribution in [0.15, 0.2) is 59.5 Å². The maximum Gasteiger partial charge on any atom is 0.0534 e. The van der Waals surface area contributed by atoms with Gasteiger partial charge in [-0.05, 0) is 70.7 Å². The Morgan fingerprint density at radius 1 is 1.00 bits per heavy atom. The lowest BCUT2D eigenvalue weighted by Crippen LogP contribution is -2.44. The van der Waals surface area contributed by atoms with Gasteiger partial charge in [-0.15, -0.1) is 21.9 Å². The van der Waals surface area contributed by atoms with Crippen molar-refractivity contribution in [2.45, 2.75) is 24.3 Å². The molecule has 1 atom stereocenters. The van der Waals surface area contributed by atoms with Gasteiger partial charge in [0, 0.05) is 39.8 Å². The molecule has 1 N–H and O–H groups in total. The van der Waals surface area contributed by atoms with Crippen molar-refractivity contribution in [3.05, 3.63) is 65.0 Å². The van der Waals surface area contributed by atoms with E-state index in [1.54, 1.807) is 0 Å². The van der Waals surface area contributed by atoms with E-state index >= 15 is 0 Å². The van der Waals surface area contributed by atoms with Crippen LogP contribution in [0.2, 0.25) is 0 Å². The molecule has 0 bridgehead atoms. The number of hydrogen-bond donors (Lipinski definition) is 2. The summed E-state index contributed by atoms with van der Waals surface area (Å²) in [6.07, 6.45) is 2.39. The summed E-state index contributed by atoms with van der Waals surface area (Å²) < 4.78 is 0. The molecule has 1 unspecified atom stereocenters. The molecular formula is C26H25N2PS. The number of hydrogen-bond acceptors (Lipinski definition) is 3. The highest BCUT2D eigenvalue weighted by Crippen LogP contribution is 2.37. The van der Waals surface area contributed by atoms with Gasteiger partial charge in [0.05, 0.1) is 5.54 Å². The quantitative estimate of drug-likeness (QED) is 0.267. The van der Waals surface area contributed by atoms with E-state index in [4.69, 9.17) is 0 Å². The molecule has 5 rings (SSSR count). The zero-order chi connectivity index (χ0) is 21.2. The van der Waals surface area contributed by atoms with Crippen molar-refractivity contribution >= 4 is 78.4 Å². The molecule has 150 valence electrons. The molecule has 4 aromatic rings. The van der Waals surface area contributed by atoms with Gasteiger partial charge in [0.25, 0.3) is 0 Å². The first kappa shape index (κ1) is 19.5. The van der Waals surface area contributed by atoms with Gasteiger partial charge in [-0.1, -0.05) is 36.9 Å². The highest BCUT2D eigenvalue weighted by molar-refractivity contribution is 7.80. The summed E-state index contributed by atoms with van der Waals surface area (Å²) in [7, 11) is 4.92. The molecule has 0 saturated carbocycles. The predicted octanol–water partition coefficient (Wildman–Crippen LogP) is 4.94. The lowest BCUT2D eigenvalue weighted by atomic mass is 9.88. The van der Waals surface area contributed by atoms with E-state index in [0.717, 1.165) is 26.8 Å². The topological polar surface area (TPSA) is 15.3 Å². The van der Waals surface area contributed by atoms with Gasteiger partial charge in [-0.3, -0.25) is 0 Å². The lowest BCUT2D eigenvalue weighted by Gasteiger charge is -2.39. The van der Waals surface area contributed by atoms with Crippen molar-refractivity contribution < 1.29 is 0 Å². The Kier molecular flexibility index (Phi) is 4.39. The number of rotatable bonds is 2. The van der Waals surface area contributed by atoms with Crippen LogP contribution >= 0.6 is 21.9 Å². The molecular weight excluding hydrogens is 403 g/mol. The number of fused-ring (bicyclic) bond motifs is 2. The Morgan fingerprint density at radius 2 is 1.73 bits per heavy atom. The van der Waals surface area contributed by atoms with Crippen LogP contribution in [0, 0.1) is 0 Å². The van der Waals surface area contributed by atoms with Crippen molar-refractivity contribution in [2.24, 2.45) is 0 Å². The molecule has 4 aromatic carbocycles. The van der Waals surface area contributed by atoms with Gasteiger partial charge in [-0.2, -0.15) is 0 Å². The fourth-order valence-corrected chi connectivity index (χ4v) is 4.92. The minimum atomic E-state index is -0.0724. The Bertz CT molecular complexity index is 1460. The van der Waals surface area contributed by atoms with Gasteiger partial charge in [-0.25, -0.2) is 0 Å². The zero-order valence-corrected chi connectivity index (χ0v) is 19.5. The Balaban J connectivity index is 1.90. The minimum Gasteiger partial charge on any atom is -0.365 e. The summed E-state index contributed by atoms with van der Waals surface area (Å²) in [6, 6.07) is 19.2. The van der Waals surface area contributed by atoms with Gasteiger partial charge >= 0.3 is 0 Å². The second-order valence-corrected chi connectivity index (χ2v) is 9.68. The molecule has 1 aliphatic heterocycles. The van der Waals surface area contributed by atoms with Crippen LogP contribution in [0.25, 0.3) is 34.2 Å². The van der Waals surface area contributed by atoms with E-state index < -0.39 is 0 Å². The molecule has 0 aromatic heterocycles. The third-order valence-corrected chi connectivity index (χ3v) is 7.45. The number of nitrogens with one attached hydrogen (secondary N) is 1. The van der Waals surface area contributed by atoms with E-state index in [2.05, 4.69) is 114 Å². The van der Waals surface area contributed by atoms with Gasteiger partial charge in [0.15, 0.2) is 0 Å². The van der Waals surface area contributed by atoms with Crippen LogP contribution in [0.4, 0.5) is 17.1 Å². The molecule has 0 radical (unpaired) electrons. The first-order valence-corrected chi connectivity index (χ1v) is 11.1. The molecule has 2 nitrogen and oxygen atoms in total. The van der Waals surface area contributed by atoms with Gasteiger partial charge < -0.3 is 10.2 Å². The smallest absolute Gasteiger partial charge is 0.0534 e. The molecule has 1 heterocycles. The maximum absolute atomic E-state index is 4.52. The van der Waals surface area contributed by atoms with E-state index in [9.17, 15) is 0 Å². The van der Waals surface area contributed by atoms with Gasteiger partial charge in [0.2, 0.25) is 0 Å². The monoisotopic (exact) mass is 428 g/mol. The molecule has 30 heavy (non-hydrogen) atoms. The first-order chi connectivity index (χ1) is 14.3. The summed E-state index contributed by atoms with van der Waals surface area (Å²) in [4.78, 5) is 3.32. The molecule has 0 fully saturated rings. The Hall–Kier alpha value is -2.48. The average molecular weight is 429 g/mol. The standard InChI is InChI=1S/C26H25N2PS/c1-15-17-7-5-6-8-18(17)19-14-26(2,3)28(4)21-11-10-20(24(15)25(19)21)27-16-9-12-23(30)22(29)13-16/h5-14,27,30H,1,29H2,2-4H3. The fraction of sp³-hybridized carbons (Fsp3) is 0.154. The lowest BCUT2D eigenvalue weighted by molar-refractivity contribution is 0.635. The molecule has 4 heteroatoms. The average Bonchev–Trinajstić information content (AvgIpc) is 2.72. The maximum atomic E-state index is 4.52. The number of thiol groups is 1. The highest BCUT2D eigenvalue weighted by atomic mass is 32.1. The normalized spacial score (nSPS) is 14.8. The third kappa shape index (κ3) is 2.84. The van der Waals surface area contributed by atoms with Crippen LogP contribution in [0.3, 0.4) is 0 Å². The summed E-state index contributed by atoms with van der Waals surface area (Å²) >= 11 is 4.49. The predicted molar refractivity (Wildman–Crippen MR) is 139 cm³/mol. The largest absolute Gasteiger partial charge is 0.365 e. The van der Waals surface area contributed by atoms with Crippen molar-refractivity contribution in [1.82, 2.24) is 0 Å². The Labute approximate surface area is 184 Å². The number of benzene rings is 4. The van der Waals surface area contributed by atoms with E-state index in [1.807, 2.05) is 6.07 Å². The second-order valence-electron chi connectivity index (χ2n) is 8.58. The van der Waals surface area contributed by atoms with Gasteiger partial charge in [0.1, 0.15) is 0 Å². The van der Waals surface area contributed by atoms with Crippen LogP contribution in [0.5, 0.6) is 0 Å². The summed E-state index contributed by atoms with van der Waals surface area (Å²) in [5.41, 5.74) is 3.28. The first-order valence-electron chi connectivity index (χ1n) is 10.1. The summed E-state index contributed by atoms with van der Waals surface area (Å²) in [5.74, 6) is 0. The van der Waals surface area contributed by atoms with E-state index in [1.165, 1.54) is 32.5 Å². The second kappa shape index (κ2) is 6.77. The van der Waals surface area contributed by atoms with Crippen LogP contribution in [-0.2, 0) is 0 Å². The van der Waals surface area contributed by atoms with Crippen LogP contribution < -0.4 is 26.0 Å². The zero-order valence-electron chi connectivity index (χ0n) is 17.5. The fourth-order valence-electron chi connectivity index (χ4n) is 4.51. The molecule has 0 amide bonds. The van der Waals surface area contributed by atoms with Crippen LogP contribution in [0.1, 0.15) is 13.8 Å². The van der Waals surface area contributed by atoms with Crippen molar-refractivity contribution in [3.8, 4) is 0 Å². The minimum absolute atomic E-state index is 0.0724. The third-order valence-electron chi connectivity index (χ3n) is 6.33. The Morgan fingerprint density at radius 3 is 2.47 bits per heavy atom. The highest BCUT2D eigenvalue weighted by Gasteiger charge is 2.28. The number of anilines is 3. The van der Waals surface area contributed by atoms with E-state index in [-0.39, 0.29) is 5.54 Å². The SMILES string of the molecule is C=c1c2ccccc2c2c3c(ccc(Nc4ccc(S)c(P)c4)c13)N(C)C(C)(C)C=2. The van der Waals surface area contributed by atoms with Crippen LogP contribution in [-0.4, -0.2) is 12.6 Å². The molecule has 0 spiro atoms. The molecule has 0 saturated heterocycles. The van der Waals surface area contributed by atoms with Crippen molar-refractivity contribution in [3.63, 3.8) is 0 Å². The van der Waals surface area contributed by atoms with E-state index in [0.29, 0.717) is 0 Å².